The number of carbonyl (C=O) groups is 2. The number of nitrogens with two attached hydrogens (primary N) is 1. The first-order chi connectivity index (χ1) is 5.11. The normalized spacial score (nSPS) is 22.5. The van der Waals surface area contributed by atoms with E-state index in [9.17, 15) is 9.59 Å². The van der Waals surface area contributed by atoms with Crippen molar-refractivity contribution in [2.24, 2.45) is 10.8 Å². The van der Waals surface area contributed by atoms with Crippen molar-refractivity contribution in [3.8, 4) is 0 Å². The third kappa shape index (κ3) is 1.46. The highest BCUT2D eigenvalue weighted by Gasteiger charge is 2.28. The molecule has 1 unspecified atom stereocenters. The monoisotopic (exact) mass is 156 g/mol. The fourth-order valence-corrected chi connectivity index (χ4v) is 0.726. The molecule has 0 aliphatic carbocycles. The number of amides is 2. The summed E-state index contributed by atoms with van der Waals surface area (Å²) < 4.78 is 0. The summed E-state index contributed by atoms with van der Waals surface area (Å²) in [5.41, 5.74) is 7.40. The average molecular weight is 156 g/mol. The van der Waals surface area contributed by atoms with E-state index in [1.807, 2.05) is 0 Å². The quantitative estimate of drug-likeness (QED) is 0.405. The van der Waals surface area contributed by atoms with Crippen molar-refractivity contribution >= 4 is 17.6 Å². The predicted molar refractivity (Wildman–Crippen MR) is 37.4 cm³/mol. The molecular formula is C5H8N4O2. The zero-order valence-electron chi connectivity index (χ0n) is 5.92. The Labute approximate surface area is 62.8 Å². The van der Waals surface area contributed by atoms with Gasteiger partial charge in [-0.3, -0.25) is 9.59 Å². The van der Waals surface area contributed by atoms with Gasteiger partial charge in [0.15, 0.2) is 11.9 Å². The van der Waals surface area contributed by atoms with E-state index < -0.39 is 11.9 Å². The van der Waals surface area contributed by atoms with E-state index in [0.29, 0.717) is 0 Å². The Bertz CT molecular complexity index is 235. The number of amidine groups is 1. The summed E-state index contributed by atoms with van der Waals surface area (Å²) in [6.45, 7) is 1.30. The molecule has 60 valence electrons. The van der Waals surface area contributed by atoms with Gasteiger partial charge in [0.05, 0.1) is 0 Å². The summed E-state index contributed by atoms with van der Waals surface area (Å²) in [6.07, 6.45) is 0. The van der Waals surface area contributed by atoms with E-state index in [1.54, 1.807) is 0 Å². The van der Waals surface area contributed by atoms with Crippen LogP contribution >= 0.6 is 0 Å². The predicted octanol–water partition coefficient (Wildman–Crippen LogP) is -2.11. The minimum atomic E-state index is -0.799. The Morgan fingerprint density at radius 1 is 1.82 bits per heavy atom. The summed E-state index contributed by atoms with van der Waals surface area (Å²) in [5, 5.41) is 5.77. The zero-order valence-corrected chi connectivity index (χ0v) is 5.92. The van der Waals surface area contributed by atoms with Gasteiger partial charge in [-0.15, -0.1) is 0 Å². The van der Waals surface area contributed by atoms with Crippen LogP contribution in [0.1, 0.15) is 6.92 Å². The second-order valence-corrected chi connectivity index (χ2v) is 2.15. The molecule has 1 atom stereocenters. The summed E-state index contributed by atoms with van der Waals surface area (Å²) in [7, 11) is 0. The third-order valence-electron chi connectivity index (χ3n) is 1.20. The van der Waals surface area contributed by atoms with E-state index in [4.69, 9.17) is 5.73 Å². The second-order valence-electron chi connectivity index (χ2n) is 2.15. The van der Waals surface area contributed by atoms with Crippen LogP contribution in [0, 0.1) is 0 Å². The average Bonchev–Trinajstić information content (AvgIpc) is 2.18. The maximum Gasteiger partial charge on any atom is 0.270 e. The van der Waals surface area contributed by atoms with E-state index in [1.165, 1.54) is 6.92 Å². The highest BCUT2D eigenvalue weighted by atomic mass is 16.2. The molecule has 0 aromatic heterocycles. The molecule has 1 aliphatic heterocycles. The molecule has 11 heavy (non-hydrogen) atoms. The van der Waals surface area contributed by atoms with Crippen LogP contribution in [0.3, 0.4) is 0 Å². The second kappa shape index (κ2) is 2.57. The third-order valence-corrected chi connectivity index (χ3v) is 1.20. The minimum Gasteiger partial charge on any atom is -0.384 e. The van der Waals surface area contributed by atoms with Crippen molar-refractivity contribution in [3.05, 3.63) is 0 Å². The number of nitrogens with one attached hydrogen (secondary N) is 2. The fraction of sp³-hybridized carbons (Fsp3) is 0.400. The van der Waals surface area contributed by atoms with Crippen molar-refractivity contribution in [1.82, 2.24) is 10.7 Å². The molecule has 0 aromatic carbocycles. The fourth-order valence-electron chi connectivity index (χ4n) is 0.726. The van der Waals surface area contributed by atoms with Gasteiger partial charge in [-0.1, -0.05) is 0 Å². The molecule has 1 aliphatic rings. The van der Waals surface area contributed by atoms with Crippen LogP contribution in [0.4, 0.5) is 0 Å². The first-order valence-electron chi connectivity index (χ1n) is 3.01. The lowest BCUT2D eigenvalue weighted by Crippen LogP contribution is -2.47. The molecule has 6 heteroatoms. The molecule has 4 N–H and O–H groups in total. The molecule has 0 bridgehead atoms. The lowest BCUT2D eigenvalue weighted by Gasteiger charge is -2.06. The highest BCUT2D eigenvalue weighted by molar-refractivity contribution is 6.11. The van der Waals surface area contributed by atoms with Gasteiger partial charge in [0.2, 0.25) is 5.91 Å². The standard InChI is InChI=1S/C5H8N4O2/c1-2(10)7-3-4(6)8-9-5(3)11/h3H,1H3,(H2,6,8)(H,7,10)(H,9,11). The summed E-state index contributed by atoms with van der Waals surface area (Å²) in [6, 6.07) is -0.799. The Hall–Kier alpha value is -1.59. The molecule has 0 saturated carbocycles. The maximum atomic E-state index is 10.8. The molecule has 0 fully saturated rings. The van der Waals surface area contributed by atoms with E-state index >= 15 is 0 Å². The van der Waals surface area contributed by atoms with Crippen molar-refractivity contribution in [2.75, 3.05) is 0 Å². The topological polar surface area (TPSA) is 96.6 Å². The molecule has 1 heterocycles. The van der Waals surface area contributed by atoms with Crippen molar-refractivity contribution in [1.29, 1.82) is 0 Å². The smallest absolute Gasteiger partial charge is 0.270 e. The van der Waals surface area contributed by atoms with Gasteiger partial charge in [0, 0.05) is 6.92 Å². The van der Waals surface area contributed by atoms with Gasteiger partial charge < -0.3 is 11.1 Å². The van der Waals surface area contributed by atoms with E-state index in [2.05, 4.69) is 15.8 Å². The first kappa shape index (κ1) is 7.52. The van der Waals surface area contributed by atoms with Crippen molar-refractivity contribution < 1.29 is 9.59 Å². The van der Waals surface area contributed by atoms with Gasteiger partial charge in [-0.05, 0) is 0 Å². The molecule has 0 radical (unpaired) electrons. The van der Waals surface area contributed by atoms with Crippen LogP contribution in [0.25, 0.3) is 0 Å². The number of rotatable bonds is 1. The number of hydrazone groups is 1. The SMILES string of the molecule is CC(=O)NC1C(=O)NN=C1N. The van der Waals surface area contributed by atoms with Gasteiger partial charge in [0.1, 0.15) is 0 Å². The van der Waals surface area contributed by atoms with Gasteiger partial charge in [0.25, 0.3) is 5.91 Å². The number of nitrogens with zero attached hydrogens (tertiary/aromatic N) is 1. The van der Waals surface area contributed by atoms with Gasteiger partial charge in [-0.25, -0.2) is 5.43 Å². The molecule has 1 rings (SSSR count). The van der Waals surface area contributed by atoms with Crippen LogP contribution in [0.2, 0.25) is 0 Å². The van der Waals surface area contributed by atoms with Crippen LogP contribution in [0.5, 0.6) is 0 Å². The van der Waals surface area contributed by atoms with Gasteiger partial charge in [-0.2, -0.15) is 5.10 Å². The molecular weight excluding hydrogens is 148 g/mol. The molecule has 0 spiro atoms. The van der Waals surface area contributed by atoms with Crippen LogP contribution in [-0.2, 0) is 9.59 Å². The summed E-state index contributed by atoms with van der Waals surface area (Å²) in [5.74, 6) is -0.631. The minimum absolute atomic E-state index is 0.0881. The Balaban J connectivity index is 2.63. The molecule has 2 amide bonds. The molecule has 6 nitrogen and oxygen atoms in total. The Morgan fingerprint density at radius 3 is 2.82 bits per heavy atom. The van der Waals surface area contributed by atoms with Gasteiger partial charge >= 0.3 is 0 Å². The highest BCUT2D eigenvalue weighted by Crippen LogP contribution is 1.91. The first-order valence-corrected chi connectivity index (χ1v) is 3.01. The van der Waals surface area contributed by atoms with E-state index in [0.717, 1.165) is 0 Å². The van der Waals surface area contributed by atoms with Crippen LogP contribution in [0.15, 0.2) is 5.10 Å². The summed E-state index contributed by atoms with van der Waals surface area (Å²) >= 11 is 0. The zero-order chi connectivity index (χ0) is 8.43. The Morgan fingerprint density at radius 2 is 2.45 bits per heavy atom. The summed E-state index contributed by atoms with van der Waals surface area (Å²) in [4.78, 5) is 21.3. The molecule has 0 saturated heterocycles. The number of carbonyl (C=O) groups excluding carboxylic acids is 2. The lowest BCUT2D eigenvalue weighted by atomic mass is 10.3. The Kier molecular flexibility index (Phi) is 1.75. The van der Waals surface area contributed by atoms with E-state index in [-0.39, 0.29) is 11.7 Å². The number of hydrogen-bond acceptors (Lipinski definition) is 4. The van der Waals surface area contributed by atoms with Crippen LogP contribution < -0.4 is 16.5 Å². The largest absolute Gasteiger partial charge is 0.384 e. The van der Waals surface area contributed by atoms with Crippen LogP contribution in [-0.4, -0.2) is 23.7 Å². The molecule has 0 aromatic rings. The van der Waals surface area contributed by atoms with Crippen molar-refractivity contribution in [3.63, 3.8) is 0 Å². The maximum absolute atomic E-state index is 10.8. The van der Waals surface area contributed by atoms with Crippen molar-refractivity contribution in [2.45, 2.75) is 13.0 Å². The lowest BCUT2D eigenvalue weighted by molar-refractivity contribution is -0.125. The number of hydrogen-bond donors (Lipinski definition) is 3.